The molecule has 0 amide bonds. The Morgan fingerprint density at radius 3 is 1.58 bits per heavy atom. The lowest BCUT2D eigenvalue weighted by Crippen LogP contribution is -1.91. The molecule has 2 atom stereocenters. The number of isothiocyanates is 2. The van der Waals surface area contributed by atoms with Gasteiger partial charge >= 0.3 is 0 Å². The summed E-state index contributed by atoms with van der Waals surface area (Å²) in [6.45, 7) is 3.90. The van der Waals surface area contributed by atoms with E-state index in [9.17, 15) is 0 Å². The van der Waals surface area contributed by atoms with Gasteiger partial charge in [0.2, 0.25) is 0 Å². The zero-order valence-corrected chi connectivity index (χ0v) is 9.95. The summed E-state index contributed by atoms with van der Waals surface area (Å²) in [5.41, 5.74) is 0. The van der Waals surface area contributed by atoms with Gasteiger partial charge in [-0.15, -0.1) is 0 Å². The van der Waals surface area contributed by atoms with Gasteiger partial charge in [-0.3, -0.25) is 0 Å². The highest BCUT2D eigenvalue weighted by Crippen LogP contribution is 2.31. The zero-order valence-electron chi connectivity index (χ0n) is 6.68. The Hall–Kier alpha value is 0.300. The zero-order chi connectivity index (χ0) is 9.40. The van der Waals surface area contributed by atoms with Gasteiger partial charge in [0, 0.05) is 0 Å². The summed E-state index contributed by atoms with van der Waals surface area (Å²) >= 11 is 8.94. The van der Waals surface area contributed by atoms with Crippen molar-refractivity contribution in [1.82, 2.24) is 0 Å². The van der Waals surface area contributed by atoms with Crippen molar-refractivity contribution in [2.24, 2.45) is 9.98 Å². The number of rotatable bonds is 5. The molecule has 2 nitrogen and oxygen atoms in total. The maximum absolute atomic E-state index is 4.47. The predicted molar refractivity (Wildman–Crippen MR) is 64.2 cm³/mol. The average molecular weight is 236 g/mol. The molecule has 6 heteroatoms. The van der Waals surface area contributed by atoms with E-state index in [-0.39, 0.29) is 10.7 Å². The minimum atomic E-state index is 0.121. The van der Waals surface area contributed by atoms with E-state index in [0.29, 0.717) is 0 Å². The van der Waals surface area contributed by atoms with Crippen LogP contribution in [0, 0.1) is 0 Å². The van der Waals surface area contributed by atoms with E-state index in [1.807, 2.05) is 13.8 Å². The van der Waals surface area contributed by atoms with Crippen LogP contribution in [0.5, 0.6) is 0 Å². The standard InChI is InChI=1S/C6H8N2S4/c1-5(7-3-9)11-12-6(2)8-4-10/h5-6H,1-2H3. The third-order valence-corrected chi connectivity index (χ3v) is 3.90. The SMILES string of the molecule is CC(N=C=S)SSC(C)N=C=S. The summed E-state index contributed by atoms with van der Waals surface area (Å²) in [6.07, 6.45) is 0. The highest BCUT2D eigenvalue weighted by Gasteiger charge is 2.03. The number of hydrogen-bond donors (Lipinski definition) is 0. The van der Waals surface area contributed by atoms with Gasteiger partial charge in [-0.1, -0.05) is 21.6 Å². The fraction of sp³-hybridized carbons (Fsp3) is 0.667. The van der Waals surface area contributed by atoms with Crippen molar-refractivity contribution in [2.45, 2.75) is 24.6 Å². The quantitative estimate of drug-likeness (QED) is 0.415. The summed E-state index contributed by atoms with van der Waals surface area (Å²) < 4.78 is 0. The normalized spacial score (nSPS) is 13.8. The van der Waals surface area contributed by atoms with Crippen LogP contribution in [0.4, 0.5) is 0 Å². The lowest BCUT2D eigenvalue weighted by atomic mass is 10.8. The Morgan fingerprint density at radius 2 is 1.33 bits per heavy atom. The van der Waals surface area contributed by atoms with Crippen molar-refractivity contribution in [1.29, 1.82) is 0 Å². The first-order valence-electron chi connectivity index (χ1n) is 3.16. The number of thiocarbonyl (C=S) groups is 2. The second-order valence-corrected chi connectivity index (χ2v) is 5.10. The second kappa shape index (κ2) is 7.92. The third kappa shape index (κ3) is 6.98. The molecule has 0 saturated carbocycles. The summed E-state index contributed by atoms with van der Waals surface area (Å²) in [7, 11) is 3.18. The molecular formula is C6H8N2S4. The lowest BCUT2D eigenvalue weighted by Gasteiger charge is -2.04. The summed E-state index contributed by atoms with van der Waals surface area (Å²) in [5, 5.41) is 4.90. The molecule has 2 unspecified atom stereocenters. The number of nitrogens with zero attached hydrogens (tertiary/aromatic N) is 2. The molecule has 0 aromatic rings. The Labute approximate surface area is 90.7 Å². The fourth-order valence-electron chi connectivity index (χ4n) is 0.352. The predicted octanol–water partition coefficient (Wildman–Crippen LogP) is 3.27. The van der Waals surface area contributed by atoms with Crippen molar-refractivity contribution >= 4 is 56.3 Å². The summed E-state index contributed by atoms with van der Waals surface area (Å²) in [4.78, 5) is 7.75. The van der Waals surface area contributed by atoms with Crippen molar-refractivity contribution < 1.29 is 0 Å². The molecule has 0 aliphatic carbocycles. The molecule has 0 aromatic carbocycles. The van der Waals surface area contributed by atoms with Gasteiger partial charge in [-0.05, 0) is 38.3 Å². The van der Waals surface area contributed by atoms with Crippen LogP contribution < -0.4 is 0 Å². The van der Waals surface area contributed by atoms with Crippen LogP contribution >= 0.6 is 46.0 Å². The van der Waals surface area contributed by atoms with Crippen LogP contribution in [0.25, 0.3) is 0 Å². The third-order valence-electron chi connectivity index (χ3n) is 0.803. The molecule has 0 fully saturated rings. The molecule has 0 spiro atoms. The highest BCUT2D eigenvalue weighted by atomic mass is 33.1. The van der Waals surface area contributed by atoms with Crippen molar-refractivity contribution in [3.05, 3.63) is 0 Å². The molecule has 0 rings (SSSR count). The van der Waals surface area contributed by atoms with Gasteiger partial charge in [0.15, 0.2) is 0 Å². The van der Waals surface area contributed by atoms with Gasteiger partial charge in [0.05, 0.1) is 10.3 Å². The molecule has 0 saturated heterocycles. The van der Waals surface area contributed by atoms with Gasteiger partial charge in [-0.2, -0.15) is 0 Å². The van der Waals surface area contributed by atoms with Crippen LogP contribution in [0.2, 0.25) is 0 Å². The van der Waals surface area contributed by atoms with E-state index in [2.05, 4.69) is 44.7 Å². The van der Waals surface area contributed by atoms with E-state index in [1.165, 1.54) is 0 Å². The first-order chi connectivity index (χ1) is 5.70. The first-order valence-corrected chi connectivity index (χ1v) is 6.26. The lowest BCUT2D eigenvalue weighted by molar-refractivity contribution is 1.06. The Balaban J connectivity index is 3.66. The Kier molecular flexibility index (Phi) is 8.12. The van der Waals surface area contributed by atoms with Crippen LogP contribution in [0.3, 0.4) is 0 Å². The molecule has 66 valence electrons. The fourth-order valence-corrected chi connectivity index (χ4v) is 2.54. The van der Waals surface area contributed by atoms with Crippen molar-refractivity contribution in [2.75, 3.05) is 0 Å². The monoisotopic (exact) mass is 236 g/mol. The molecule has 0 radical (unpaired) electrons. The van der Waals surface area contributed by atoms with Crippen LogP contribution in [0.15, 0.2) is 9.98 Å². The molecule has 0 bridgehead atoms. The van der Waals surface area contributed by atoms with Crippen molar-refractivity contribution in [3.8, 4) is 0 Å². The minimum absolute atomic E-state index is 0.121. The van der Waals surface area contributed by atoms with Crippen LogP contribution in [-0.4, -0.2) is 21.1 Å². The van der Waals surface area contributed by atoms with Gasteiger partial charge in [0.1, 0.15) is 10.7 Å². The molecule has 0 aromatic heterocycles. The van der Waals surface area contributed by atoms with Gasteiger partial charge in [-0.25, -0.2) is 9.98 Å². The van der Waals surface area contributed by atoms with Crippen LogP contribution in [-0.2, 0) is 0 Å². The van der Waals surface area contributed by atoms with Crippen molar-refractivity contribution in [3.63, 3.8) is 0 Å². The van der Waals surface area contributed by atoms with E-state index in [0.717, 1.165) is 0 Å². The Morgan fingerprint density at radius 1 is 1.00 bits per heavy atom. The van der Waals surface area contributed by atoms with E-state index >= 15 is 0 Å². The van der Waals surface area contributed by atoms with Crippen LogP contribution in [0.1, 0.15) is 13.8 Å². The molecule has 0 heterocycles. The molecule has 0 aliphatic rings. The Bertz CT molecular complexity index is 194. The number of hydrogen-bond acceptors (Lipinski definition) is 6. The summed E-state index contributed by atoms with van der Waals surface area (Å²) in [6, 6.07) is 0. The van der Waals surface area contributed by atoms with Gasteiger partial charge in [0.25, 0.3) is 0 Å². The molecule has 0 aliphatic heterocycles. The molecule has 0 N–H and O–H groups in total. The minimum Gasteiger partial charge on any atom is -0.218 e. The van der Waals surface area contributed by atoms with E-state index in [4.69, 9.17) is 0 Å². The highest BCUT2D eigenvalue weighted by molar-refractivity contribution is 8.77. The largest absolute Gasteiger partial charge is 0.218 e. The maximum atomic E-state index is 4.47. The molecule has 12 heavy (non-hydrogen) atoms. The molecular weight excluding hydrogens is 228 g/mol. The average Bonchev–Trinajstić information content (AvgIpc) is 2.02. The van der Waals surface area contributed by atoms with E-state index in [1.54, 1.807) is 21.6 Å². The number of aliphatic imine (C=N–C) groups is 2. The smallest absolute Gasteiger partial charge is 0.113 e. The topological polar surface area (TPSA) is 24.7 Å². The first kappa shape index (κ1) is 12.3. The van der Waals surface area contributed by atoms with Gasteiger partial charge < -0.3 is 0 Å². The second-order valence-electron chi connectivity index (χ2n) is 1.83. The van der Waals surface area contributed by atoms with E-state index < -0.39 is 0 Å². The summed E-state index contributed by atoms with van der Waals surface area (Å²) in [5.74, 6) is 0. The maximum Gasteiger partial charge on any atom is 0.113 e.